The number of morpholine rings is 1. The molecule has 2 aromatic heterocycles. The van der Waals surface area contributed by atoms with Gasteiger partial charge in [-0.05, 0) is 33.3 Å². The van der Waals surface area contributed by atoms with E-state index in [4.69, 9.17) is 4.74 Å². The van der Waals surface area contributed by atoms with Crippen LogP contribution in [-0.2, 0) is 16.6 Å². The molecule has 1 fully saturated rings. The van der Waals surface area contributed by atoms with Gasteiger partial charge in [0.15, 0.2) is 5.16 Å². The van der Waals surface area contributed by atoms with E-state index in [1.165, 1.54) is 23.1 Å². The summed E-state index contributed by atoms with van der Waals surface area (Å²) in [6.45, 7) is 9.12. The molecule has 8 heteroatoms. The number of aromatic nitrogens is 2. The smallest absolute Gasteiger partial charge is 0.262 e. The zero-order valence-electron chi connectivity index (χ0n) is 15.2. The molecular formula is C17H23N3O3S2. The van der Waals surface area contributed by atoms with Crippen molar-refractivity contribution >= 4 is 39.2 Å². The lowest BCUT2D eigenvalue weighted by atomic mass is 10.2. The first-order chi connectivity index (χ1) is 11.8. The van der Waals surface area contributed by atoms with Gasteiger partial charge in [0, 0.05) is 25.0 Å². The molecule has 0 aromatic carbocycles. The van der Waals surface area contributed by atoms with Gasteiger partial charge in [-0.3, -0.25) is 14.2 Å². The van der Waals surface area contributed by atoms with E-state index in [-0.39, 0.29) is 29.4 Å². The molecule has 2 atom stereocenters. The third kappa shape index (κ3) is 3.61. The predicted octanol–water partition coefficient (Wildman–Crippen LogP) is 2.34. The number of thiophene rings is 1. The van der Waals surface area contributed by atoms with Gasteiger partial charge in [-0.25, -0.2) is 4.98 Å². The summed E-state index contributed by atoms with van der Waals surface area (Å²) in [5, 5.41) is 1.28. The van der Waals surface area contributed by atoms with Crippen molar-refractivity contribution in [3.63, 3.8) is 0 Å². The monoisotopic (exact) mass is 381 g/mol. The van der Waals surface area contributed by atoms with Gasteiger partial charge in [0.25, 0.3) is 5.56 Å². The van der Waals surface area contributed by atoms with Crippen LogP contribution in [-0.4, -0.2) is 51.4 Å². The molecule has 2 aromatic rings. The molecule has 3 rings (SSSR count). The Morgan fingerprint density at radius 3 is 2.60 bits per heavy atom. The molecule has 0 bridgehead atoms. The van der Waals surface area contributed by atoms with Gasteiger partial charge in [0.2, 0.25) is 5.91 Å². The lowest BCUT2D eigenvalue weighted by molar-refractivity contribution is -0.140. The normalized spacial score (nSPS) is 21.1. The lowest BCUT2D eigenvalue weighted by Gasteiger charge is -2.35. The molecule has 0 spiro atoms. The van der Waals surface area contributed by atoms with Gasteiger partial charge < -0.3 is 9.64 Å². The van der Waals surface area contributed by atoms with Crippen LogP contribution in [0.4, 0.5) is 0 Å². The Bertz CT molecular complexity index is 864. The van der Waals surface area contributed by atoms with E-state index in [9.17, 15) is 9.59 Å². The maximum Gasteiger partial charge on any atom is 0.262 e. The molecule has 136 valence electrons. The topological polar surface area (TPSA) is 64.4 Å². The number of hydrogen-bond donors (Lipinski definition) is 0. The lowest BCUT2D eigenvalue weighted by Crippen LogP contribution is -2.48. The second-order valence-electron chi connectivity index (χ2n) is 6.57. The second kappa shape index (κ2) is 7.09. The summed E-state index contributed by atoms with van der Waals surface area (Å²) in [4.78, 5) is 33.4. The standard InChI is InChI=1S/C17H23N3O3S2/c1-9-6-20(7-10(2)23-9)13(21)8-24-17-18-15-14(16(22)19(17)5)11(3)12(4)25-15/h9-10H,6-8H2,1-5H3/t9-,10+. The minimum Gasteiger partial charge on any atom is -0.372 e. The van der Waals surface area contributed by atoms with E-state index in [0.29, 0.717) is 23.6 Å². The highest BCUT2D eigenvalue weighted by atomic mass is 32.2. The number of ether oxygens (including phenoxy) is 1. The molecule has 0 radical (unpaired) electrons. The fourth-order valence-electron chi connectivity index (χ4n) is 3.08. The summed E-state index contributed by atoms with van der Waals surface area (Å²) in [6, 6.07) is 0. The molecule has 0 N–H and O–H groups in total. The Kier molecular flexibility index (Phi) is 5.22. The Morgan fingerprint density at radius 1 is 1.32 bits per heavy atom. The summed E-state index contributed by atoms with van der Waals surface area (Å²) in [6.07, 6.45) is 0.0993. The van der Waals surface area contributed by atoms with E-state index in [1.807, 2.05) is 32.6 Å². The van der Waals surface area contributed by atoms with E-state index in [0.717, 1.165) is 15.3 Å². The van der Waals surface area contributed by atoms with Crippen LogP contribution in [0.3, 0.4) is 0 Å². The summed E-state index contributed by atoms with van der Waals surface area (Å²) in [7, 11) is 1.72. The Morgan fingerprint density at radius 2 is 1.96 bits per heavy atom. The molecule has 0 saturated carbocycles. The molecule has 1 aliphatic heterocycles. The van der Waals surface area contributed by atoms with Crippen molar-refractivity contribution in [2.24, 2.45) is 7.05 Å². The van der Waals surface area contributed by atoms with Gasteiger partial charge in [-0.2, -0.15) is 0 Å². The molecular weight excluding hydrogens is 358 g/mol. The van der Waals surface area contributed by atoms with Crippen molar-refractivity contribution in [1.82, 2.24) is 14.5 Å². The quantitative estimate of drug-likeness (QED) is 0.603. The molecule has 6 nitrogen and oxygen atoms in total. The Hall–Kier alpha value is -1.38. The van der Waals surface area contributed by atoms with Crippen LogP contribution in [0.2, 0.25) is 0 Å². The average molecular weight is 382 g/mol. The van der Waals surface area contributed by atoms with E-state index >= 15 is 0 Å². The van der Waals surface area contributed by atoms with Crippen molar-refractivity contribution < 1.29 is 9.53 Å². The molecule has 3 heterocycles. The van der Waals surface area contributed by atoms with E-state index < -0.39 is 0 Å². The molecule has 1 aliphatic rings. The van der Waals surface area contributed by atoms with Crippen molar-refractivity contribution in [3.8, 4) is 0 Å². The highest BCUT2D eigenvalue weighted by Crippen LogP contribution is 2.28. The van der Waals surface area contributed by atoms with Crippen molar-refractivity contribution in [1.29, 1.82) is 0 Å². The van der Waals surface area contributed by atoms with Crippen LogP contribution in [0.25, 0.3) is 10.2 Å². The zero-order valence-corrected chi connectivity index (χ0v) is 16.8. The maximum atomic E-state index is 12.6. The van der Waals surface area contributed by atoms with Crippen LogP contribution < -0.4 is 5.56 Å². The molecule has 0 aliphatic carbocycles. The number of hydrogen-bond acceptors (Lipinski definition) is 6. The minimum absolute atomic E-state index is 0.0459. The molecule has 25 heavy (non-hydrogen) atoms. The van der Waals surface area contributed by atoms with Gasteiger partial charge in [0.05, 0.1) is 23.3 Å². The van der Waals surface area contributed by atoms with Crippen LogP contribution in [0, 0.1) is 13.8 Å². The fourth-order valence-corrected chi connectivity index (χ4v) is 5.03. The maximum absolute atomic E-state index is 12.6. The second-order valence-corrected chi connectivity index (χ2v) is 8.71. The first kappa shape index (κ1) is 18.4. The van der Waals surface area contributed by atoms with Crippen molar-refractivity contribution in [2.75, 3.05) is 18.8 Å². The van der Waals surface area contributed by atoms with E-state index in [2.05, 4.69) is 4.98 Å². The summed E-state index contributed by atoms with van der Waals surface area (Å²) >= 11 is 2.85. The van der Waals surface area contributed by atoms with Gasteiger partial charge in [-0.15, -0.1) is 11.3 Å². The number of aryl methyl sites for hydroxylation is 2. The number of carbonyl (C=O) groups excluding carboxylic acids is 1. The molecule has 1 saturated heterocycles. The number of carbonyl (C=O) groups is 1. The molecule has 1 amide bonds. The largest absolute Gasteiger partial charge is 0.372 e. The number of amides is 1. The third-order valence-corrected chi connectivity index (χ3v) is 6.58. The first-order valence-electron chi connectivity index (χ1n) is 8.30. The average Bonchev–Trinajstić information content (AvgIpc) is 2.83. The SMILES string of the molecule is Cc1sc2nc(SCC(=O)N3C[C@@H](C)O[C@@H](C)C3)n(C)c(=O)c2c1C. The van der Waals surface area contributed by atoms with Gasteiger partial charge in [0.1, 0.15) is 4.83 Å². The minimum atomic E-state index is -0.0459. The highest BCUT2D eigenvalue weighted by Gasteiger charge is 2.26. The molecule has 0 unspecified atom stereocenters. The number of rotatable bonds is 3. The number of nitrogens with zero attached hydrogens (tertiary/aromatic N) is 3. The highest BCUT2D eigenvalue weighted by molar-refractivity contribution is 7.99. The van der Waals surface area contributed by atoms with Crippen molar-refractivity contribution in [2.45, 2.75) is 45.1 Å². The van der Waals surface area contributed by atoms with Crippen LogP contribution in [0.15, 0.2) is 9.95 Å². The van der Waals surface area contributed by atoms with Gasteiger partial charge >= 0.3 is 0 Å². The van der Waals surface area contributed by atoms with Gasteiger partial charge in [-0.1, -0.05) is 11.8 Å². The fraction of sp³-hybridized carbons (Fsp3) is 0.588. The Balaban J connectivity index is 1.78. The van der Waals surface area contributed by atoms with Crippen LogP contribution >= 0.6 is 23.1 Å². The van der Waals surface area contributed by atoms with Crippen LogP contribution in [0.5, 0.6) is 0 Å². The first-order valence-corrected chi connectivity index (χ1v) is 10.1. The van der Waals surface area contributed by atoms with Crippen LogP contribution in [0.1, 0.15) is 24.3 Å². The summed E-state index contributed by atoms with van der Waals surface area (Å²) in [5.74, 6) is 0.328. The van der Waals surface area contributed by atoms with E-state index in [1.54, 1.807) is 11.6 Å². The summed E-state index contributed by atoms with van der Waals surface area (Å²) in [5.41, 5.74) is 0.951. The number of fused-ring (bicyclic) bond motifs is 1. The van der Waals surface area contributed by atoms with Crippen molar-refractivity contribution in [3.05, 3.63) is 20.8 Å². The zero-order chi connectivity index (χ0) is 18.3. The summed E-state index contributed by atoms with van der Waals surface area (Å²) < 4.78 is 7.21. The predicted molar refractivity (Wildman–Crippen MR) is 102 cm³/mol. The Labute approximate surface area is 155 Å². The third-order valence-electron chi connectivity index (χ3n) is 4.47. The number of thioether (sulfide) groups is 1.